The monoisotopic (exact) mass is 425 g/mol. The van der Waals surface area contributed by atoms with Gasteiger partial charge >= 0.3 is 0 Å². The third kappa shape index (κ3) is 5.22. The van der Waals surface area contributed by atoms with Crippen LogP contribution in [0.15, 0.2) is 77.8 Å². The van der Waals surface area contributed by atoms with Crippen LogP contribution < -0.4 is 10.1 Å². The Kier molecular flexibility index (Phi) is 6.81. The molecule has 3 aromatic rings. The van der Waals surface area contributed by atoms with Crippen LogP contribution in [0.1, 0.15) is 21.6 Å². The molecule has 0 atom stereocenters. The van der Waals surface area contributed by atoms with Gasteiger partial charge in [0, 0.05) is 25.4 Å². The van der Waals surface area contributed by atoms with Crippen LogP contribution >= 0.6 is 0 Å². The van der Waals surface area contributed by atoms with Crippen LogP contribution in [0.3, 0.4) is 0 Å². The van der Waals surface area contributed by atoms with Crippen LogP contribution in [-0.2, 0) is 23.1 Å². The van der Waals surface area contributed by atoms with Crippen molar-refractivity contribution >= 4 is 15.9 Å². The summed E-state index contributed by atoms with van der Waals surface area (Å²) in [4.78, 5) is 16.6. The molecule has 3 rings (SSSR count). The molecule has 1 N–H and O–H groups in total. The number of carbonyl (C=O) groups excluding carboxylic acids is 1. The molecule has 0 bridgehead atoms. The first-order chi connectivity index (χ1) is 14.4. The van der Waals surface area contributed by atoms with Crippen molar-refractivity contribution in [2.75, 3.05) is 14.2 Å². The molecule has 0 spiro atoms. The third-order valence-electron chi connectivity index (χ3n) is 4.55. The number of ether oxygens (including phenoxy) is 1. The van der Waals surface area contributed by atoms with Crippen LogP contribution in [-0.4, -0.2) is 37.8 Å². The lowest BCUT2D eigenvalue weighted by Crippen LogP contribution is -2.26. The van der Waals surface area contributed by atoms with E-state index in [1.165, 1.54) is 30.6 Å². The fraction of sp³-hybridized carbons (Fsp3) is 0.182. The number of nitrogens with zero attached hydrogens (tertiary/aromatic N) is 2. The van der Waals surface area contributed by atoms with E-state index in [4.69, 9.17) is 4.74 Å². The molecule has 156 valence electrons. The Morgan fingerprint density at radius 1 is 1.03 bits per heavy atom. The van der Waals surface area contributed by atoms with Crippen molar-refractivity contribution in [2.24, 2.45) is 0 Å². The quantitative estimate of drug-likeness (QED) is 0.600. The van der Waals surface area contributed by atoms with Crippen molar-refractivity contribution < 1.29 is 17.9 Å². The highest BCUT2D eigenvalue weighted by molar-refractivity contribution is 7.89. The van der Waals surface area contributed by atoms with Crippen molar-refractivity contribution in [2.45, 2.75) is 18.0 Å². The Morgan fingerprint density at radius 3 is 2.33 bits per heavy atom. The highest BCUT2D eigenvalue weighted by Crippen LogP contribution is 2.20. The summed E-state index contributed by atoms with van der Waals surface area (Å²) in [5, 5.41) is 2.81. The minimum atomic E-state index is -3.64. The van der Waals surface area contributed by atoms with E-state index in [2.05, 4.69) is 10.3 Å². The van der Waals surface area contributed by atoms with Crippen LogP contribution in [0, 0.1) is 0 Å². The van der Waals surface area contributed by atoms with Gasteiger partial charge in [-0.05, 0) is 54.1 Å². The lowest BCUT2D eigenvalue weighted by molar-refractivity contribution is 0.0950. The zero-order valence-corrected chi connectivity index (χ0v) is 17.6. The molecule has 0 unspecified atom stereocenters. The molecule has 0 aliphatic carbocycles. The number of methoxy groups -OCH3 is 1. The minimum absolute atomic E-state index is 0.185. The summed E-state index contributed by atoms with van der Waals surface area (Å²) in [5.41, 5.74) is 2.04. The molecule has 0 aliphatic heterocycles. The molecular formula is C22H23N3O4S. The summed E-state index contributed by atoms with van der Waals surface area (Å²) in [5.74, 6) is 0.375. The normalized spacial score (nSPS) is 11.3. The number of aromatic nitrogens is 1. The zero-order chi connectivity index (χ0) is 21.6. The molecule has 2 aromatic carbocycles. The lowest BCUT2D eigenvalue weighted by atomic mass is 10.1. The van der Waals surface area contributed by atoms with Crippen LogP contribution in [0.25, 0.3) is 0 Å². The second-order valence-corrected chi connectivity index (χ2v) is 8.68. The summed E-state index contributed by atoms with van der Waals surface area (Å²) in [6, 6.07) is 18.6. The highest BCUT2D eigenvalue weighted by atomic mass is 32.2. The Bertz CT molecular complexity index is 1080. The number of pyridine rings is 1. The van der Waals surface area contributed by atoms with Gasteiger partial charge in [-0.15, -0.1) is 0 Å². The van der Waals surface area contributed by atoms with E-state index in [9.17, 15) is 13.2 Å². The average Bonchev–Trinajstić information content (AvgIpc) is 2.78. The van der Waals surface area contributed by atoms with Crippen molar-refractivity contribution in [3.8, 4) is 5.75 Å². The molecule has 8 heteroatoms. The second-order valence-electron chi connectivity index (χ2n) is 6.64. The van der Waals surface area contributed by atoms with Gasteiger partial charge in [0.2, 0.25) is 10.0 Å². The molecule has 30 heavy (non-hydrogen) atoms. The van der Waals surface area contributed by atoms with Crippen LogP contribution in [0.5, 0.6) is 5.75 Å². The Morgan fingerprint density at radius 2 is 1.73 bits per heavy atom. The number of amides is 1. The number of carbonyl (C=O) groups is 1. The van der Waals surface area contributed by atoms with Gasteiger partial charge in [-0.2, -0.15) is 4.31 Å². The molecule has 0 radical (unpaired) electrons. The Balaban J connectivity index is 1.62. The van der Waals surface area contributed by atoms with Gasteiger partial charge in [0.15, 0.2) is 0 Å². The number of hydrogen-bond acceptors (Lipinski definition) is 5. The third-order valence-corrected chi connectivity index (χ3v) is 6.36. The van der Waals surface area contributed by atoms with Gasteiger partial charge in [-0.1, -0.05) is 18.2 Å². The fourth-order valence-electron chi connectivity index (χ4n) is 2.81. The predicted octanol–water partition coefficient (Wildman–Crippen LogP) is 2.84. The predicted molar refractivity (Wildman–Crippen MR) is 113 cm³/mol. The number of benzene rings is 2. The number of rotatable bonds is 8. The first-order valence-corrected chi connectivity index (χ1v) is 10.7. The van der Waals surface area contributed by atoms with Gasteiger partial charge < -0.3 is 10.1 Å². The molecule has 0 fully saturated rings. The van der Waals surface area contributed by atoms with E-state index in [0.717, 1.165) is 11.3 Å². The average molecular weight is 426 g/mol. The van der Waals surface area contributed by atoms with Crippen molar-refractivity contribution in [3.05, 3.63) is 89.7 Å². The summed E-state index contributed by atoms with van der Waals surface area (Å²) < 4.78 is 31.8. The molecule has 0 saturated carbocycles. The van der Waals surface area contributed by atoms with Gasteiger partial charge in [0.05, 0.1) is 24.2 Å². The molecule has 7 nitrogen and oxygen atoms in total. The number of sulfonamides is 1. The van der Waals surface area contributed by atoms with Crippen molar-refractivity contribution in [1.82, 2.24) is 14.6 Å². The fourth-order valence-corrected chi connectivity index (χ4v) is 3.97. The maximum atomic E-state index is 12.7. The zero-order valence-electron chi connectivity index (χ0n) is 16.8. The summed E-state index contributed by atoms with van der Waals surface area (Å²) in [6.07, 6.45) is 1.67. The van der Waals surface area contributed by atoms with Crippen LogP contribution in [0.2, 0.25) is 0 Å². The van der Waals surface area contributed by atoms with Gasteiger partial charge in [0.1, 0.15) is 5.75 Å². The van der Waals surface area contributed by atoms with E-state index in [1.54, 1.807) is 42.6 Å². The summed E-state index contributed by atoms with van der Waals surface area (Å²) in [7, 11) is -0.590. The van der Waals surface area contributed by atoms with Gasteiger partial charge in [0.25, 0.3) is 5.91 Å². The lowest BCUT2D eigenvalue weighted by Gasteiger charge is -2.17. The Labute approximate surface area is 176 Å². The first-order valence-electron chi connectivity index (χ1n) is 9.27. The number of nitrogens with one attached hydrogen (secondary N) is 1. The van der Waals surface area contributed by atoms with E-state index in [0.29, 0.717) is 17.9 Å². The maximum absolute atomic E-state index is 12.7. The topological polar surface area (TPSA) is 88.6 Å². The van der Waals surface area contributed by atoms with E-state index in [-0.39, 0.29) is 17.3 Å². The molecule has 1 amide bonds. The molecular weight excluding hydrogens is 402 g/mol. The van der Waals surface area contributed by atoms with Gasteiger partial charge in [-0.3, -0.25) is 9.78 Å². The van der Waals surface area contributed by atoms with E-state index < -0.39 is 10.0 Å². The van der Waals surface area contributed by atoms with Crippen molar-refractivity contribution in [3.63, 3.8) is 0 Å². The maximum Gasteiger partial charge on any atom is 0.251 e. The smallest absolute Gasteiger partial charge is 0.251 e. The van der Waals surface area contributed by atoms with Crippen molar-refractivity contribution in [1.29, 1.82) is 0 Å². The first kappa shape index (κ1) is 21.5. The largest absolute Gasteiger partial charge is 0.497 e. The molecule has 1 aromatic heterocycles. The SMILES string of the molecule is COc1ccc(S(=O)(=O)N(C)Cc2ccc(C(=O)NCc3ccccn3)cc2)cc1. The van der Waals surface area contributed by atoms with E-state index in [1.807, 2.05) is 18.2 Å². The Hall–Kier alpha value is -3.23. The summed E-state index contributed by atoms with van der Waals surface area (Å²) in [6.45, 7) is 0.522. The standard InChI is InChI=1S/C22H23N3O4S/c1-25(30(27,28)21-12-10-20(29-2)11-13-21)16-17-6-8-18(9-7-17)22(26)24-15-19-5-3-4-14-23-19/h3-14H,15-16H2,1-2H3,(H,24,26). The van der Waals surface area contributed by atoms with Gasteiger partial charge in [-0.25, -0.2) is 8.42 Å². The molecule has 1 heterocycles. The van der Waals surface area contributed by atoms with E-state index >= 15 is 0 Å². The highest BCUT2D eigenvalue weighted by Gasteiger charge is 2.21. The second kappa shape index (κ2) is 9.51. The summed E-state index contributed by atoms with van der Waals surface area (Å²) >= 11 is 0. The minimum Gasteiger partial charge on any atom is -0.497 e. The molecule has 0 aliphatic rings. The molecule has 0 saturated heterocycles. The van der Waals surface area contributed by atoms with Crippen LogP contribution in [0.4, 0.5) is 0 Å². The number of hydrogen-bond donors (Lipinski definition) is 1.